The van der Waals surface area contributed by atoms with Crippen molar-refractivity contribution in [3.8, 4) is 16.8 Å². The lowest BCUT2D eigenvalue weighted by molar-refractivity contribution is 0.659. The molecule has 3 aliphatic heterocycles. The van der Waals surface area contributed by atoms with E-state index in [1.54, 1.807) is 37.2 Å². The molecular formula is C111H74N16S. The summed E-state index contributed by atoms with van der Waals surface area (Å²) in [5.74, 6) is 2.56. The fraction of sp³-hybridized carbons (Fsp3) is 0.0270. The molecule has 11 heterocycles. The number of aromatic nitrogens is 10. The average Bonchev–Trinajstić information content (AvgIpc) is 1.58. The zero-order valence-corrected chi connectivity index (χ0v) is 70.0. The minimum absolute atomic E-state index is 0.0845. The van der Waals surface area contributed by atoms with Gasteiger partial charge in [0.25, 0.3) is 0 Å². The lowest BCUT2D eigenvalue weighted by Gasteiger charge is -2.24. The predicted molar refractivity (Wildman–Crippen MR) is 522 cm³/mol. The lowest BCUT2D eigenvalue weighted by atomic mass is 9.82. The summed E-state index contributed by atoms with van der Waals surface area (Å²) < 4.78 is 11.7. The normalized spacial score (nSPS) is 13.7. The van der Waals surface area contributed by atoms with Crippen molar-refractivity contribution in [3.05, 3.63) is 437 Å². The maximum Gasteiger partial charge on any atom is 0.158 e. The summed E-state index contributed by atoms with van der Waals surface area (Å²) in [6, 6.07) is 121. The molecule has 0 unspecified atom stereocenters. The standard InChI is InChI=1S/C40H26N6.C37H27N5.C34H21N5S/c1-2-12-28(13-3-1)45-33-16-8-6-14-29(33)31-19-18-27(24-35(31)45)37-38-39(42-21-20-41-38)40(44-43-37)46-34-17-9-7-15-30(34)32-22-25-10-4-5-11-26(25)23-36(32)46;1-37(2)29-13-7-5-11-25(29)26-16-15-24(20-30(26)37)33-34-35(39-18-17-38-34)36(41-40-33)42-31-14-8-6-12-27(31)28-19-22-9-3-4-10-23(22)21-32(28)42;1-2-8-21-18-28-26(17-20(21)7-1)23-9-3-5-11-27(23)39(28)34-33-32(35-15-16-36-33)31(37-38-34)22-13-14-25-24-10-4-6-12-29(24)40-30(25)19-22/h1-24,43-44H;3-21,40-41H,1-2H3;1-19,37-38H. The molecule has 6 N–H and O–H groups in total. The van der Waals surface area contributed by atoms with Crippen LogP contribution in [0, 0.1) is 0 Å². The molecule has 17 heteroatoms. The van der Waals surface area contributed by atoms with Crippen molar-refractivity contribution in [3.63, 3.8) is 0 Å². The molecule has 0 bridgehead atoms. The van der Waals surface area contributed by atoms with Crippen molar-refractivity contribution >= 4 is 186 Å². The van der Waals surface area contributed by atoms with E-state index in [0.29, 0.717) is 0 Å². The third kappa shape index (κ3) is 11.2. The Morgan fingerprint density at radius 2 is 0.555 bits per heavy atom. The smallest absolute Gasteiger partial charge is 0.158 e. The molecule has 8 aromatic heterocycles. The van der Waals surface area contributed by atoms with E-state index in [1.807, 2.05) is 11.3 Å². The largest absolute Gasteiger partial charge is 0.309 e. The fourth-order valence-electron chi connectivity index (χ4n) is 20.3. The van der Waals surface area contributed by atoms with Gasteiger partial charge in [-0.1, -0.05) is 257 Å². The number of nitrogens with one attached hydrogen (secondary N) is 6. The highest BCUT2D eigenvalue weighted by Crippen LogP contribution is 2.50. The minimum atomic E-state index is -0.0845. The van der Waals surface area contributed by atoms with E-state index < -0.39 is 0 Å². The van der Waals surface area contributed by atoms with Crippen LogP contribution in [0.3, 0.4) is 0 Å². The van der Waals surface area contributed by atoms with Gasteiger partial charge >= 0.3 is 0 Å². The van der Waals surface area contributed by atoms with E-state index in [4.69, 9.17) is 29.9 Å². The number of fused-ring (bicyclic) bond motifs is 24. The number of nitrogens with zero attached hydrogens (tertiary/aromatic N) is 10. The zero-order valence-electron chi connectivity index (χ0n) is 69.2. The van der Waals surface area contributed by atoms with Crippen LogP contribution in [0.25, 0.3) is 191 Å². The van der Waals surface area contributed by atoms with Crippen molar-refractivity contribution in [2.45, 2.75) is 19.3 Å². The van der Waals surface area contributed by atoms with Gasteiger partial charge < -0.3 is 4.57 Å². The summed E-state index contributed by atoms with van der Waals surface area (Å²) in [6.45, 7) is 4.62. The van der Waals surface area contributed by atoms with Gasteiger partial charge in [-0.15, -0.1) is 11.3 Å². The van der Waals surface area contributed by atoms with Gasteiger partial charge in [0.15, 0.2) is 17.5 Å². The number of hydrogen-bond donors (Lipinski definition) is 6. The van der Waals surface area contributed by atoms with Crippen molar-refractivity contribution in [2.24, 2.45) is 0 Å². The Kier molecular flexibility index (Phi) is 16.2. The minimum Gasteiger partial charge on any atom is -0.309 e. The van der Waals surface area contributed by atoms with Gasteiger partial charge in [-0.25, -0.2) is 15.0 Å². The molecule has 28 rings (SSSR count). The molecule has 4 aliphatic rings. The Bertz CT molecular complexity index is 9360. The van der Waals surface area contributed by atoms with Crippen molar-refractivity contribution < 1.29 is 0 Å². The summed E-state index contributed by atoms with van der Waals surface area (Å²) >= 11 is 1.82. The molecule has 1 aliphatic carbocycles. The summed E-state index contributed by atoms with van der Waals surface area (Å²) in [5, 5.41) is 24.3. The summed E-state index contributed by atoms with van der Waals surface area (Å²) in [5.41, 5.74) is 42.5. The van der Waals surface area contributed by atoms with E-state index in [-0.39, 0.29) is 5.41 Å². The highest BCUT2D eigenvalue weighted by Gasteiger charge is 2.36. The number of benzene rings is 16. The molecule has 0 amide bonds. The molecule has 0 saturated heterocycles. The van der Waals surface area contributed by atoms with Crippen molar-refractivity contribution in [1.29, 1.82) is 0 Å². The van der Waals surface area contributed by atoms with Crippen molar-refractivity contribution in [2.75, 3.05) is 0 Å². The average molecular weight is 1660 g/mol. The van der Waals surface area contributed by atoms with Gasteiger partial charge in [-0.05, 0) is 152 Å². The Morgan fingerprint density at radius 1 is 0.227 bits per heavy atom. The Balaban J connectivity index is 0.000000102. The second-order valence-corrected chi connectivity index (χ2v) is 34.6. The first-order chi connectivity index (χ1) is 63.3. The molecule has 0 atom stereocenters. The number of thiophene rings is 1. The van der Waals surface area contributed by atoms with E-state index in [0.717, 1.165) is 128 Å². The Hall–Kier alpha value is -17.0. The van der Waals surface area contributed by atoms with Gasteiger partial charge in [0.05, 0.1) is 61.2 Å². The monoisotopic (exact) mass is 1660 g/mol. The van der Waals surface area contributed by atoms with Crippen LogP contribution >= 0.6 is 11.3 Å². The first-order valence-corrected chi connectivity index (χ1v) is 43.8. The number of rotatable bonds is 7. The lowest BCUT2D eigenvalue weighted by Crippen LogP contribution is -2.51. The van der Waals surface area contributed by atoms with Gasteiger partial charge in [0.2, 0.25) is 0 Å². The van der Waals surface area contributed by atoms with Gasteiger partial charge in [-0.2, -0.15) is 0 Å². The highest BCUT2D eigenvalue weighted by atomic mass is 32.1. The molecule has 604 valence electrons. The topological polar surface area (TPSA) is 169 Å². The SMILES string of the molecule is CC1(C)c2ccccc2-c2ccc(C3=c4nccnc4=C(n4c5ccccc5c5cc6ccccc6cc54)NN3)cc21.c1ccc(-n2c3ccccc3c3ccc(C4=c5nccnc5=C(n5c6ccccc6c6cc7ccccc7cc65)NN4)cc32)cc1.c1ccc2cc3c(cc2c1)c1ccccc1n3C1=c2nccnc2=C(c2ccc3c(c2)sc2ccccc23)NN1. The van der Waals surface area contributed by atoms with Crippen LogP contribution < -0.4 is 64.6 Å². The number of para-hydroxylation sites is 5. The first-order valence-electron chi connectivity index (χ1n) is 43.0. The number of hydrazine groups is 3. The highest BCUT2D eigenvalue weighted by molar-refractivity contribution is 7.25. The van der Waals surface area contributed by atoms with Crippen LogP contribution in [0.5, 0.6) is 0 Å². The first kappa shape index (κ1) is 72.6. The third-order valence-corrected chi connectivity index (χ3v) is 27.3. The van der Waals surface area contributed by atoms with Gasteiger partial charge in [0, 0.05) is 128 Å². The molecule has 16 aromatic carbocycles. The van der Waals surface area contributed by atoms with Crippen LogP contribution in [-0.4, -0.2) is 48.2 Å². The molecule has 24 aromatic rings. The van der Waals surface area contributed by atoms with Crippen LogP contribution in [0.2, 0.25) is 0 Å². The second kappa shape index (κ2) is 28.5. The number of hydrogen-bond acceptors (Lipinski definition) is 13. The Labute approximate surface area is 734 Å². The molecular weight excluding hydrogens is 1590 g/mol. The Morgan fingerprint density at radius 3 is 1.03 bits per heavy atom. The summed E-state index contributed by atoms with van der Waals surface area (Å²) in [7, 11) is 0. The quantitative estimate of drug-likeness (QED) is 0.0895. The summed E-state index contributed by atoms with van der Waals surface area (Å²) in [4.78, 5) is 29.3. The molecule has 0 spiro atoms. The molecule has 16 nitrogen and oxygen atoms in total. The maximum absolute atomic E-state index is 4.92. The maximum atomic E-state index is 4.92. The van der Waals surface area contributed by atoms with E-state index in [1.165, 1.54) is 123 Å². The van der Waals surface area contributed by atoms with Crippen LogP contribution in [0.1, 0.15) is 41.7 Å². The van der Waals surface area contributed by atoms with E-state index in [2.05, 4.69) is 404 Å². The van der Waals surface area contributed by atoms with Gasteiger partial charge in [-0.3, -0.25) is 61.2 Å². The van der Waals surface area contributed by atoms with Crippen molar-refractivity contribution in [1.82, 2.24) is 80.7 Å². The second-order valence-electron chi connectivity index (χ2n) is 33.5. The van der Waals surface area contributed by atoms with Crippen LogP contribution in [-0.2, 0) is 5.41 Å². The van der Waals surface area contributed by atoms with Crippen LogP contribution in [0.4, 0.5) is 0 Å². The predicted octanol–water partition coefficient (Wildman–Crippen LogP) is 18.6. The third-order valence-electron chi connectivity index (χ3n) is 26.2. The molecule has 0 radical (unpaired) electrons. The molecule has 0 fully saturated rings. The summed E-state index contributed by atoms with van der Waals surface area (Å²) in [6.07, 6.45) is 10.6. The van der Waals surface area contributed by atoms with Gasteiger partial charge in [0.1, 0.15) is 32.1 Å². The van der Waals surface area contributed by atoms with Crippen LogP contribution in [0.15, 0.2) is 377 Å². The van der Waals surface area contributed by atoms with E-state index in [9.17, 15) is 0 Å². The molecule has 0 saturated carbocycles. The fourth-order valence-corrected chi connectivity index (χ4v) is 21.5. The van der Waals surface area contributed by atoms with E-state index >= 15 is 0 Å². The zero-order chi connectivity index (χ0) is 84.4. The molecule has 128 heavy (non-hydrogen) atoms.